The SMILES string of the molecule is O=C(NCCN1CCOCC1)c1ccnc(NCc2ccccn2)n1. The Kier molecular flexibility index (Phi) is 6.24. The Hall–Kier alpha value is -2.58. The highest BCUT2D eigenvalue weighted by molar-refractivity contribution is 5.92. The molecule has 0 bridgehead atoms. The molecule has 2 N–H and O–H groups in total. The highest BCUT2D eigenvalue weighted by atomic mass is 16.5. The molecule has 1 saturated heterocycles. The zero-order valence-corrected chi connectivity index (χ0v) is 14.0. The smallest absolute Gasteiger partial charge is 0.270 e. The second kappa shape index (κ2) is 9.05. The van der Waals surface area contributed by atoms with Gasteiger partial charge < -0.3 is 15.4 Å². The number of hydrogen-bond acceptors (Lipinski definition) is 7. The van der Waals surface area contributed by atoms with E-state index in [1.54, 1.807) is 18.5 Å². The normalized spacial score (nSPS) is 14.9. The maximum atomic E-state index is 12.2. The quantitative estimate of drug-likeness (QED) is 0.759. The number of aromatic nitrogens is 3. The van der Waals surface area contributed by atoms with Gasteiger partial charge in [0.15, 0.2) is 0 Å². The number of hydrogen-bond donors (Lipinski definition) is 2. The van der Waals surface area contributed by atoms with Crippen molar-refractivity contribution in [3.63, 3.8) is 0 Å². The Labute approximate surface area is 146 Å². The van der Waals surface area contributed by atoms with Gasteiger partial charge in [-0.15, -0.1) is 0 Å². The van der Waals surface area contributed by atoms with Gasteiger partial charge in [0, 0.05) is 38.6 Å². The third-order valence-electron chi connectivity index (χ3n) is 3.86. The molecule has 2 aromatic heterocycles. The molecule has 1 amide bonds. The number of nitrogens with one attached hydrogen (secondary N) is 2. The summed E-state index contributed by atoms with van der Waals surface area (Å²) in [5.41, 5.74) is 1.23. The summed E-state index contributed by atoms with van der Waals surface area (Å²) in [6.07, 6.45) is 3.31. The van der Waals surface area contributed by atoms with Crippen LogP contribution in [0.3, 0.4) is 0 Å². The third kappa shape index (κ3) is 5.47. The van der Waals surface area contributed by atoms with Gasteiger partial charge >= 0.3 is 0 Å². The van der Waals surface area contributed by atoms with Crippen LogP contribution in [0.25, 0.3) is 0 Å². The summed E-state index contributed by atoms with van der Waals surface area (Å²) < 4.78 is 5.31. The Morgan fingerprint density at radius 1 is 1.16 bits per heavy atom. The van der Waals surface area contributed by atoms with Gasteiger partial charge in [-0.3, -0.25) is 14.7 Å². The van der Waals surface area contributed by atoms with Gasteiger partial charge in [0.25, 0.3) is 5.91 Å². The minimum Gasteiger partial charge on any atom is -0.379 e. The van der Waals surface area contributed by atoms with Crippen LogP contribution in [0.5, 0.6) is 0 Å². The molecule has 1 fully saturated rings. The van der Waals surface area contributed by atoms with Gasteiger partial charge in [0.1, 0.15) is 5.69 Å². The van der Waals surface area contributed by atoms with Crippen LogP contribution < -0.4 is 10.6 Å². The molecule has 0 spiro atoms. The summed E-state index contributed by atoms with van der Waals surface area (Å²) in [5, 5.41) is 5.97. The molecular weight excluding hydrogens is 320 g/mol. The molecule has 8 heteroatoms. The Balaban J connectivity index is 1.47. The van der Waals surface area contributed by atoms with Gasteiger partial charge in [-0.05, 0) is 18.2 Å². The molecule has 3 heterocycles. The lowest BCUT2D eigenvalue weighted by Gasteiger charge is -2.26. The molecule has 2 aromatic rings. The monoisotopic (exact) mass is 342 g/mol. The number of rotatable bonds is 7. The van der Waals surface area contributed by atoms with Crippen LogP contribution in [0.1, 0.15) is 16.2 Å². The van der Waals surface area contributed by atoms with Crippen molar-refractivity contribution in [2.75, 3.05) is 44.7 Å². The van der Waals surface area contributed by atoms with E-state index in [1.807, 2.05) is 18.2 Å². The Morgan fingerprint density at radius 2 is 2.04 bits per heavy atom. The van der Waals surface area contributed by atoms with E-state index in [1.165, 1.54) is 0 Å². The van der Waals surface area contributed by atoms with Crippen LogP contribution in [-0.2, 0) is 11.3 Å². The molecule has 132 valence electrons. The van der Waals surface area contributed by atoms with Crippen LogP contribution in [0.2, 0.25) is 0 Å². The Morgan fingerprint density at radius 3 is 2.84 bits per heavy atom. The first kappa shape index (κ1) is 17.2. The highest BCUT2D eigenvalue weighted by Crippen LogP contribution is 2.03. The predicted octanol–water partition coefficient (Wildman–Crippen LogP) is 0.546. The number of nitrogens with zero attached hydrogens (tertiary/aromatic N) is 4. The van der Waals surface area contributed by atoms with Crippen molar-refractivity contribution < 1.29 is 9.53 Å². The van der Waals surface area contributed by atoms with E-state index in [0.717, 1.165) is 38.5 Å². The van der Waals surface area contributed by atoms with Crippen molar-refractivity contribution in [2.45, 2.75) is 6.54 Å². The maximum Gasteiger partial charge on any atom is 0.270 e. The van der Waals surface area contributed by atoms with Crippen LogP contribution in [-0.4, -0.2) is 65.2 Å². The highest BCUT2D eigenvalue weighted by Gasteiger charge is 2.12. The maximum absolute atomic E-state index is 12.2. The zero-order valence-electron chi connectivity index (χ0n) is 14.0. The summed E-state index contributed by atoms with van der Waals surface area (Å²) >= 11 is 0. The molecule has 1 aliphatic heterocycles. The molecular formula is C17H22N6O2. The van der Waals surface area contributed by atoms with Gasteiger partial charge in [0.2, 0.25) is 5.95 Å². The van der Waals surface area contributed by atoms with Crippen LogP contribution in [0.15, 0.2) is 36.7 Å². The van der Waals surface area contributed by atoms with E-state index in [4.69, 9.17) is 4.74 Å². The number of pyridine rings is 1. The van der Waals surface area contributed by atoms with Crippen LogP contribution in [0, 0.1) is 0 Å². The summed E-state index contributed by atoms with van der Waals surface area (Å²) in [5.74, 6) is 0.211. The van der Waals surface area contributed by atoms with Crippen molar-refractivity contribution >= 4 is 11.9 Å². The molecule has 8 nitrogen and oxygen atoms in total. The fourth-order valence-electron chi connectivity index (χ4n) is 2.49. The van der Waals surface area contributed by atoms with Crippen LogP contribution in [0.4, 0.5) is 5.95 Å². The van der Waals surface area contributed by atoms with E-state index in [2.05, 4.69) is 30.5 Å². The summed E-state index contributed by atoms with van der Waals surface area (Å²) in [6, 6.07) is 7.30. The molecule has 0 unspecified atom stereocenters. The van der Waals surface area contributed by atoms with Crippen molar-refractivity contribution in [3.05, 3.63) is 48.0 Å². The number of amides is 1. The second-order valence-corrected chi connectivity index (χ2v) is 5.65. The molecule has 0 atom stereocenters. The van der Waals surface area contributed by atoms with Gasteiger partial charge in [-0.1, -0.05) is 6.07 Å². The fraction of sp³-hybridized carbons (Fsp3) is 0.412. The first-order chi connectivity index (χ1) is 12.3. The summed E-state index contributed by atoms with van der Waals surface area (Å²) in [4.78, 5) is 27.1. The van der Waals surface area contributed by atoms with Crippen molar-refractivity contribution in [3.8, 4) is 0 Å². The van der Waals surface area contributed by atoms with E-state index in [-0.39, 0.29) is 5.91 Å². The number of ether oxygens (including phenoxy) is 1. The van der Waals surface area contributed by atoms with Crippen molar-refractivity contribution in [2.24, 2.45) is 0 Å². The number of carbonyl (C=O) groups excluding carboxylic acids is 1. The van der Waals surface area contributed by atoms with Gasteiger partial charge in [0.05, 0.1) is 25.5 Å². The van der Waals surface area contributed by atoms with Gasteiger partial charge in [-0.25, -0.2) is 9.97 Å². The summed E-state index contributed by atoms with van der Waals surface area (Å²) in [6.45, 7) is 5.22. The molecule has 0 aliphatic carbocycles. The number of anilines is 1. The largest absolute Gasteiger partial charge is 0.379 e. The minimum atomic E-state index is -0.198. The van der Waals surface area contributed by atoms with Crippen molar-refractivity contribution in [1.29, 1.82) is 0 Å². The predicted molar refractivity (Wildman–Crippen MR) is 93.2 cm³/mol. The first-order valence-corrected chi connectivity index (χ1v) is 8.36. The van der Waals surface area contributed by atoms with E-state index < -0.39 is 0 Å². The molecule has 1 aliphatic rings. The lowest BCUT2D eigenvalue weighted by atomic mass is 10.3. The minimum absolute atomic E-state index is 0.198. The van der Waals surface area contributed by atoms with Gasteiger partial charge in [-0.2, -0.15) is 0 Å². The molecule has 3 rings (SSSR count). The average Bonchev–Trinajstić information content (AvgIpc) is 2.68. The summed E-state index contributed by atoms with van der Waals surface area (Å²) in [7, 11) is 0. The standard InChI is InChI=1S/C17H22N6O2/c24-16(19-7-8-23-9-11-25-12-10-23)15-4-6-20-17(22-15)21-13-14-3-1-2-5-18-14/h1-6H,7-13H2,(H,19,24)(H,20,21,22). The topological polar surface area (TPSA) is 92.3 Å². The third-order valence-corrected chi connectivity index (χ3v) is 3.86. The zero-order chi connectivity index (χ0) is 17.3. The molecule has 0 saturated carbocycles. The number of morpholine rings is 1. The van der Waals surface area contributed by atoms with Crippen LogP contribution >= 0.6 is 0 Å². The van der Waals surface area contributed by atoms with E-state index >= 15 is 0 Å². The van der Waals surface area contributed by atoms with E-state index in [9.17, 15) is 4.79 Å². The fourth-order valence-corrected chi connectivity index (χ4v) is 2.49. The second-order valence-electron chi connectivity index (χ2n) is 5.65. The lowest BCUT2D eigenvalue weighted by molar-refractivity contribution is 0.0383. The first-order valence-electron chi connectivity index (χ1n) is 8.36. The molecule has 0 aromatic carbocycles. The molecule has 0 radical (unpaired) electrons. The Bertz CT molecular complexity index is 676. The van der Waals surface area contributed by atoms with Crippen molar-refractivity contribution in [1.82, 2.24) is 25.2 Å². The van der Waals surface area contributed by atoms with E-state index in [0.29, 0.717) is 24.7 Å². The lowest BCUT2D eigenvalue weighted by Crippen LogP contribution is -2.41. The molecule has 25 heavy (non-hydrogen) atoms. The average molecular weight is 342 g/mol. The number of carbonyl (C=O) groups is 1.